The first kappa shape index (κ1) is 27.8. The number of nitrogens with one attached hydrogen (secondary N) is 3. The zero-order valence-corrected chi connectivity index (χ0v) is 19.1. The maximum Gasteiger partial charge on any atom is 0.293 e. The van der Waals surface area contributed by atoms with E-state index in [9.17, 15) is 13.6 Å². The summed E-state index contributed by atoms with van der Waals surface area (Å²) in [6.07, 6.45) is 3.37. The number of carbonyl (C=O) groups is 2. The van der Waals surface area contributed by atoms with Crippen LogP contribution in [0.25, 0.3) is 0 Å². The number of nitrogens with zero attached hydrogens (tertiary/aromatic N) is 3. The number of carbonyl (C=O) groups excluding carboxylic acids is 2. The predicted molar refractivity (Wildman–Crippen MR) is 123 cm³/mol. The average Bonchev–Trinajstić information content (AvgIpc) is 2.80. The molecule has 1 unspecified atom stereocenters. The van der Waals surface area contributed by atoms with Gasteiger partial charge in [0.15, 0.2) is 11.6 Å². The smallest absolute Gasteiger partial charge is 0.293 e. The largest absolute Gasteiger partial charge is 0.471 e. The summed E-state index contributed by atoms with van der Waals surface area (Å²) in [7, 11) is 4.73. The van der Waals surface area contributed by atoms with Gasteiger partial charge in [0.1, 0.15) is 11.8 Å². The Balaban J connectivity index is 0.00000125. The highest BCUT2D eigenvalue weighted by Crippen LogP contribution is 2.30. The number of likely N-dealkylation sites (N-methyl/N-ethyl adjacent to an activating group) is 2. The SMILES string of the molecule is CNCC(CN(C)c1cc(F)c(N2CCC(N/N=C\C=N)CC2)c(F)c1)OC=O.COC=O. The molecule has 0 saturated carbocycles. The lowest BCUT2D eigenvalue weighted by molar-refractivity contribution is -0.133. The van der Waals surface area contributed by atoms with E-state index in [1.165, 1.54) is 25.5 Å². The number of ether oxygens (including phenoxy) is 2. The Hall–Kier alpha value is -3.28. The summed E-state index contributed by atoms with van der Waals surface area (Å²) in [5, 5.41) is 13.7. The van der Waals surface area contributed by atoms with E-state index in [4.69, 9.17) is 14.9 Å². The molecule has 0 bridgehead atoms. The Morgan fingerprint density at radius 1 is 1.27 bits per heavy atom. The monoisotopic (exact) mass is 470 g/mol. The normalized spacial score (nSPS) is 14.6. The van der Waals surface area contributed by atoms with E-state index in [1.54, 1.807) is 23.9 Å². The predicted octanol–water partition coefficient (Wildman–Crippen LogP) is 1.14. The standard InChI is InChI=1S/C19H28F2N6O2.C2H4O2/c1-23-11-16(29-13-28)12-26(2)15-9-17(20)19(18(21)10-15)27-7-3-14(4-8-27)25-24-6-5-22;1-4-2-3/h5-6,9-10,13-14,16,22-23,25H,3-4,7-8,11-12H2,1-2H3;2H,1H3/b22-5?,24-6-;. The molecule has 0 aliphatic carbocycles. The fourth-order valence-electron chi connectivity index (χ4n) is 3.37. The van der Waals surface area contributed by atoms with Crippen LogP contribution < -0.4 is 20.5 Å². The van der Waals surface area contributed by atoms with Crippen molar-refractivity contribution in [1.82, 2.24) is 10.7 Å². The van der Waals surface area contributed by atoms with E-state index < -0.39 is 17.7 Å². The molecule has 1 saturated heterocycles. The summed E-state index contributed by atoms with van der Waals surface area (Å²) in [4.78, 5) is 22.9. The van der Waals surface area contributed by atoms with Gasteiger partial charge < -0.3 is 35.4 Å². The number of piperidine rings is 1. The molecule has 10 nitrogen and oxygen atoms in total. The van der Waals surface area contributed by atoms with Crippen LogP contribution in [0.4, 0.5) is 20.2 Å². The fraction of sp³-hybridized carbons (Fsp3) is 0.524. The molecule has 0 aromatic heterocycles. The van der Waals surface area contributed by atoms with Crippen molar-refractivity contribution in [1.29, 1.82) is 5.41 Å². The summed E-state index contributed by atoms with van der Waals surface area (Å²) in [6, 6.07) is 2.71. The molecule has 1 aromatic rings. The second-order valence-corrected chi connectivity index (χ2v) is 7.22. The molecule has 0 radical (unpaired) electrons. The van der Waals surface area contributed by atoms with Gasteiger partial charge in [-0.25, -0.2) is 8.78 Å². The number of hydrazone groups is 1. The van der Waals surface area contributed by atoms with E-state index in [0.717, 1.165) is 6.21 Å². The van der Waals surface area contributed by atoms with Gasteiger partial charge >= 0.3 is 0 Å². The molecule has 2 rings (SSSR count). The van der Waals surface area contributed by atoms with Crippen molar-refractivity contribution in [2.75, 3.05) is 57.2 Å². The molecule has 33 heavy (non-hydrogen) atoms. The highest BCUT2D eigenvalue weighted by atomic mass is 19.1. The minimum atomic E-state index is -0.624. The fourth-order valence-corrected chi connectivity index (χ4v) is 3.37. The zero-order valence-electron chi connectivity index (χ0n) is 19.1. The highest BCUT2D eigenvalue weighted by molar-refractivity contribution is 6.14. The molecule has 184 valence electrons. The highest BCUT2D eigenvalue weighted by Gasteiger charge is 2.25. The Morgan fingerprint density at radius 2 is 1.88 bits per heavy atom. The number of halogens is 2. The molecule has 0 spiro atoms. The summed E-state index contributed by atoms with van der Waals surface area (Å²) in [5.74, 6) is -1.25. The summed E-state index contributed by atoms with van der Waals surface area (Å²) >= 11 is 0. The summed E-state index contributed by atoms with van der Waals surface area (Å²) in [5.41, 5.74) is 3.29. The van der Waals surface area contributed by atoms with Gasteiger partial charge in [-0.05, 0) is 32.0 Å². The number of methoxy groups -OCH3 is 1. The van der Waals surface area contributed by atoms with Gasteiger partial charge in [-0.2, -0.15) is 5.10 Å². The first-order chi connectivity index (χ1) is 15.9. The Kier molecular flexibility index (Phi) is 13.0. The lowest BCUT2D eigenvalue weighted by Gasteiger charge is -2.34. The van der Waals surface area contributed by atoms with Crippen molar-refractivity contribution >= 4 is 36.7 Å². The van der Waals surface area contributed by atoms with Crippen LogP contribution in [0.2, 0.25) is 0 Å². The van der Waals surface area contributed by atoms with Crippen LogP contribution in [0.3, 0.4) is 0 Å². The molecule has 1 aromatic carbocycles. The minimum Gasteiger partial charge on any atom is -0.471 e. The number of hydrogen-bond acceptors (Lipinski definition) is 10. The van der Waals surface area contributed by atoms with Gasteiger partial charge in [-0.1, -0.05) is 0 Å². The number of benzene rings is 1. The maximum atomic E-state index is 14.8. The molecule has 0 amide bonds. The van der Waals surface area contributed by atoms with E-state index in [-0.39, 0.29) is 11.7 Å². The number of rotatable bonds is 12. The van der Waals surface area contributed by atoms with Crippen molar-refractivity contribution in [2.24, 2.45) is 5.10 Å². The molecule has 1 atom stereocenters. The maximum absolute atomic E-state index is 14.8. The summed E-state index contributed by atoms with van der Waals surface area (Å²) < 4.78 is 38.4. The minimum absolute atomic E-state index is 0.0282. The molecular weight excluding hydrogens is 438 g/mol. The van der Waals surface area contributed by atoms with Crippen molar-refractivity contribution in [2.45, 2.75) is 25.0 Å². The number of hydrogen-bond donors (Lipinski definition) is 3. The van der Waals surface area contributed by atoms with Crippen LogP contribution in [0.5, 0.6) is 0 Å². The molecular formula is C21H32F2N6O4. The Morgan fingerprint density at radius 3 is 2.36 bits per heavy atom. The van der Waals surface area contributed by atoms with Gasteiger partial charge in [0, 0.05) is 44.6 Å². The third-order valence-electron chi connectivity index (χ3n) is 4.91. The van der Waals surface area contributed by atoms with Gasteiger partial charge in [-0.3, -0.25) is 9.59 Å². The van der Waals surface area contributed by atoms with Crippen LogP contribution in [0.15, 0.2) is 17.2 Å². The zero-order chi connectivity index (χ0) is 24.6. The van der Waals surface area contributed by atoms with Crippen LogP contribution >= 0.6 is 0 Å². The second kappa shape index (κ2) is 15.5. The van der Waals surface area contributed by atoms with Crippen molar-refractivity contribution in [3.63, 3.8) is 0 Å². The molecule has 12 heteroatoms. The van der Waals surface area contributed by atoms with Gasteiger partial charge in [0.05, 0.1) is 19.9 Å². The van der Waals surface area contributed by atoms with Crippen LogP contribution in [0.1, 0.15) is 12.8 Å². The van der Waals surface area contributed by atoms with E-state index in [1.807, 2.05) is 0 Å². The summed E-state index contributed by atoms with van der Waals surface area (Å²) in [6.45, 7) is 2.47. The van der Waals surface area contributed by atoms with Crippen molar-refractivity contribution in [3.05, 3.63) is 23.8 Å². The first-order valence-electron chi connectivity index (χ1n) is 10.3. The lowest BCUT2D eigenvalue weighted by Crippen LogP contribution is -2.41. The molecule has 1 aliphatic heterocycles. The molecule has 3 N–H and O–H groups in total. The first-order valence-corrected chi connectivity index (χ1v) is 10.3. The topological polar surface area (TPSA) is 119 Å². The van der Waals surface area contributed by atoms with Crippen LogP contribution in [-0.4, -0.2) is 84.9 Å². The van der Waals surface area contributed by atoms with E-state index in [2.05, 4.69) is 20.6 Å². The van der Waals surface area contributed by atoms with Crippen LogP contribution in [0, 0.1) is 17.0 Å². The Bertz CT molecular complexity index is 752. The van der Waals surface area contributed by atoms with E-state index >= 15 is 0 Å². The number of anilines is 2. The Labute approximate surface area is 192 Å². The van der Waals surface area contributed by atoms with Crippen molar-refractivity contribution in [3.8, 4) is 0 Å². The third-order valence-corrected chi connectivity index (χ3v) is 4.91. The molecule has 1 fully saturated rings. The van der Waals surface area contributed by atoms with E-state index in [0.29, 0.717) is 57.7 Å². The average molecular weight is 471 g/mol. The lowest BCUT2D eigenvalue weighted by atomic mass is 10.0. The third kappa shape index (κ3) is 9.39. The molecule has 1 heterocycles. The molecule has 1 aliphatic rings. The van der Waals surface area contributed by atoms with Gasteiger partial charge in [0.2, 0.25) is 0 Å². The van der Waals surface area contributed by atoms with Crippen molar-refractivity contribution < 1.29 is 27.8 Å². The van der Waals surface area contributed by atoms with Crippen LogP contribution in [-0.2, 0) is 19.1 Å². The van der Waals surface area contributed by atoms with Gasteiger partial charge in [-0.15, -0.1) is 0 Å². The quantitative estimate of drug-likeness (QED) is 0.236. The second-order valence-electron chi connectivity index (χ2n) is 7.22. The van der Waals surface area contributed by atoms with Gasteiger partial charge in [0.25, 0.3) is 12.9 Å².